The van der Waals surface area contributed by atoms with E-state index in [0.29, 0.717) is 24.6 Å². The molecule has 2 atom stereocenters. The number of likely N-dealkylation sites (N-methyl/N-ethyl adjacent to an activating group) is 1. The summed E-state index contributed by atoms with van der Waals surface area (Å²) in [6, 6.07) is 5.78. The number of ether oxygens (including phenoxy) is 1. The molecule has 1 aliphatic rings. The zero-order chi connectivity index (χ0) is 27.8. The van der Waals surface area contributed by atoms with Gasteiger partial charge in [-0.05, 0) is 45.5 Å². The highest BCUT2D eigenvalue weighted by Gasteiger charge is 2.48. The minimum absolute atomic E-state index is 0.0675. The van der Waals surface area contributed by atoms with Crippen LogP contribution in [-0.2, 0) is 16.7 Å². The van der Waals surface area contributed by atoms with Gasteiger partial charge in [-0.3, -0.25) is 14.5 Å². The number of halogens is 1. The van der Waals surface area contributed by atoms with Gasteiger partial charge in [-0.2, -0.15) is 0 Å². The van der Waals surface area contributed by atoms with E-state index >= 15 is 0 Å². The van der Waals surface area contributed by atoms with Crippen LogP contribution >= 0.6 is 11.3 Å². The van der Waals surface area contributed by atoms with Crippen LogP contribution < -0.4 is 5.43 Å². The lowest BCUT2D eigenvalue weighted by Crippen LogP contribution is -2.63. The van der Waals surface area contributed by atoms with Crippen LogP contribution in [0.15, 0.2) is 35.3 Å². The predicted octanol–water partition coefficient (Wildman–Crippen LogP) is 2.28. The van der Waals surface area contributed by atoms with Crippen LogP contribution in [0, 0.1) is 5.82 Å². The molecule has 10 nitrogen and oxygen atoms in total. The molecule has 204 valence electrons. The highest BCUT2D eigenvalue weighted by atomic mass is 32.1. The molecule has 3 heterocycles. The van der Waals surface area contributed by atoms with Crippen LogP contribution in [0.25, 0.3) is 10.6 Å². The monoisotopic (exact) mass is 545 g/mol. The second kappa shape index (κ2) is 10.9. The van der Waals surface area contributed by atoms with Crippen LogP contribution in [0.4, 0.5) is 4.39 Å². The van der Waals surface area contributed by atoms with E-state index in [4.69, 9.17) is 4.74 Å². The van der Waals surface area contributed by atoms with Gasteiger partial charge in [-0.15, -0.1) is 10.2 Å². The van der Waals surface area contributed by atoms with Gasteiger partial charge >= 0.3 is 0 Å². The van der Waals surface area contributed by atoms with E-state index in [2.05, 4.69) is 10.2 Å². The summed E-state index contributed by atoms with van der Waals surface area (Å²) in [5.74, 6) is -1.54. The van der Waals surface area contributed by atoms with Crippen molar-refractivity contribution in [3.8, 4) is 16.3 Å². The Bertz CT molecular complexity index is 1380. The fourth-order valence-corrected chi connectivity index (χ4v) is 5.54. The zero-order valence-electron chi connectivity index (χ0n) is 22.0. The largest absolute Gasteiger partial charge is 0.503 e. The second-order valence-corrected chi connectivity index (χ2v) is 11.0. The van der Waals surface area contributed by atoms with Gasteiger partial charge in [-0.25, -0.2) is 4.39 Å². The quantitative estimate of drug-likeness (QED) is 0.393. The maximum atomic E-state index is 13.4. The minimum Gasteiger partial charge on any atom is -0.503 e. The number of hydrogen-bond donors (Lipinski definition) is 2. The van der Waals surface area contributed by atoms with E-state index < -0.39 is 28.9 Å². The first-order chi connectivity index (χ1) is 18.0. The van der Waals surface area contributed by atoms with Gasteiger partial charge in [0.1, 0.15) is 17.1 Å². The van der Waals surface area contributed by atoms with Gasteiger partial charge in [0.25, 0.3) is 5.91 Å². The maximum Gasteiger partial charge on any atom is 0.274 e. The van der Waals surface area contributed by atoms with E-state index in [-0.39, 0.29) is 34.7 Å². The van der Waals surface area contributed by atoms with Crippen molar-refractivity contribution in [2.24, 2.45) is 0 Å². The molecule has 0 fully saturated rings. The number of carbonyl (C=O) groups excluding carboxylic acids is 1. The molecular weight excluding hydrogens is 513 g/mol. The average molecular weight is 546 g/mol. The van der Waals surface area contributed by atoms with Crippen LogP contribution in [-0.4, -0.2) is 86.8 Å². The smallest absolute Gasteiger partial charge is 0.274 e. The number of aliphatic hydroxyl groups is 1. The third-order valence-electron chi connectivity index (χ3n) is 6.90. The van der Waals surface area contributed by atoms with Gasteiger partial charge in [0.2, 0.25) is 5.43 Å². The number of benzene rings is 1. The van der Waals surface area contributed by atoms with Crippen molar-refractivity contribution in [1.82, 2.24) is 24.6 Å². The lowest BCUT2D eigenvalue weighted by molar-refractivity contribution is -0.0883. The summed E-state index contributed by atoms with van der Waals surface area (Å²) in [5, 5.41) is 31.7. The average Bonchev–Trinajstić information content (AvgIpc) is 3.35. The Morgan fingerprint density at radius 2 is 1.92 bits per heavy atom. The minimum atomic E-state index is -1.13. The van der Waals surface area contributed by atoms with Crippen molar-refractivity contribution in [3.05, 3.63) is 62.8 Å². The van der Waals surface area contributed by atoms with Crippen molar-refractivity contribution in [2.75, 3.05) is 33.9 Å². The van der Waals surface area contributed by atoms with Gasteiger partial charge in [0.15, 0.2) is 16.5 Å². The number of amides is 1. The van der Waals surface area contributed by atoms with Gasteiger partial charge < -0.3 is 24.4 Å². The molecule has 0 radical (unpaired) electrons. The fraction of sp³-hybridized carbons (Fsp3) is 0.462. The van der Waals surface area contributed by atoms with Crippen molar-refractivity contribution in [3.63, 3.8) is 0 Å². The molecule has 38 heavy (non-hydrogen) atoms. The first-order valence-electron chi connectivity index (χ1n) is 12.2. The molecule has 1 aromatic carbocycles. The van der Waals surface area contributed by atoms with Crippen LogP contribution in [0.1, 0.15) is 41.8 Å². The van der Waals surface area contributed by atoms with Crippen molar-refractivity contribution in [2.45, 2.75) is 45.0 Å². The van der Waals surface area contributed by atoms with Crippen molar-refractivity contribution < 1.29 is 24.1 Å². The molecule has 2 aromatic heterocycles. The summed E-state index contributed by atoms with van der Waals surface area (Å²) >= 11 is 1.17. The lowest BCUT2D eigenvalue weighted by atomic mass is 9.91. The second-order valence-electron chi connectivity index (χ2n) is 9.97. The van der Waals surface area contributed by atoms with E-state index in [9.17, 15) is 24.2 Å². The lowest BCUT2D eigenvalue weighted by Gasteiger charge is -2.49. The first kappa shape index (κ1) is 27.8. The first-order valence-corrected chi connectivity index (χ1v) is 13.0. The number of hydrogen-bond acceptors (Lipinski definition) is 9. The normalized spacial score (nSPS) is 18.3. The van der Waals surface area contributed by atoms with Crippen molar-refractivity contribution in [1.29, 1.82) is 0 Å². The topological polar surface area (TPSA) is 121 Å². The third kappa shape index (κ3) is 5.08. The Kier molecular flexibility index (Phi) is 7.98. The molecular formula is C26H32FN5O5S. The summed E-state index contributed by atoms with van der Waals surface area (Å²) in [5.41, 5.74) is -1.16. The molecule has 1 amide bonds. The van der Waals surface area contributed by atoms with E-state index in [0.717, 1.165) is 5.56 Å². The molecule has 0 aliphatic carbocycles. The van der Waals surface area contributed by atoms with Gasteiger partial charge in [0, 0.05) is 38.9 Å². The highest BCUT2D eigenvalue weighted by Crippen LogP contribution is 2.36. The summed E-state index contributed by atoms with van der Waals surface area (Å²) in [6.45, 7) is 6.39. The predicted molar refractivity (Wildman–Crippen MR) is 141 cm³/mol. The fourth-order valence-electron chi connectivity index (χ4n) is 4.66. The number of methoxy groups -OCH3 is 1. The van der Waals surface area contributed by atoms with Crippen LogP contribution in [0.5, 0.6) is 5.75 Å². The molecule has 0 bridgehead atoms. The number of rotatable bonds is 9. The Morgan fingerprint density at radius 1 is 1.24 bits per heavy atom. The van der Waals surface area contributed by atoms with Gasteiger partial charge in [-0.1, -0.05) is 23.5 Å². The molecule has 0 saturated carbocycles. The SMILES string of the molecule is COCCN(C)C(O)[C@@]1(C)CN(C(C)C)C(=O)c2c(O)c(=O)c(-c3nnc(Cc4ccc(F)cc4)s3)cn21. The molecule has 1 unspecified atom stereocenters. The Balaban J connectivity index is 1.81. The summed E-state index contributed by atoms with van der Waals surface area (Å²) < 4.78 is 19.9. The van der Waals surface area contributed by atoms with E-state index in [1.807, 2.05) is 13.8 Å². The number of nitrogens with zero attached hydrogens (tertiary/aromatic N) is 5. The number of carbonyl (C=O) groups is 1. The van der Waals surface area contributed by atoms with Gasteiger partial charge in [0.05, 0.1) is 17.7 Å². The van der Waals surface area contributed by atoms with Crippen molar-refractivity contribution >= 4 is 17.2 Å². The van der Waals surface area contributed by atoms with Crippen LogP contribution in [0.3, 0.4) is 0 Å². The molecule has 4 rings (SSSR count). The summed E-state index contributed by atoms with van der Waals surface area (Å²) in [4.78, 5) is 29.9. The molecule has 2 N–H and O–H groups in total. The Hall–Kier alpha value is -3.19. The number of aromatic nitrogens is 3. The Labute approximate surface area is 223 Å². The van der Waals surface area contributed by atoms with E-state index in [1.165, 1.54) is 39.1 Å². The standard InChI is InChI=1S/C26H32FN5O5S/c1-15(2)31-14-26(3,25(36)30(4)10-11-37-5)32-13-18(21(33)22(34)20(32)24(31)35)23-29-28-19(38-23)12-16-6-8-17(27)9-7-16/h6-9,13,15,25,34,36H,10-12,14H2,1-5H3/t25?,26-/m1/s1. The summed E-state index contributed by atoms with van der Waals surface area (Å²) in [6.07, 6.45) is 0.769. The molecule has 0 spiro atoms. The Morgan fingerprint density at radius 3 is 2.55 bits per heavy atom. The zero-order valence-corrected chi connectivity index (χ0v) is 22.8. The number of aromatic hydroxyl groups is 1. The molecule has 12 heteroatoms. The third-order valence-corrected chi connectivity index (χ3v) is 7.85. The molecule has 3 aromatic rings. The number of pyridine rings is 1. The molecule has 0 saturated heterocycles. The maximum absolute atomic E-state index is 13.4. The number of fused-ring (bicyclic) bond motifs is 1. The summed E-state index contributed by atoms with van der Waals surface area (Å²) in [7, 11) is 3.30. The van der Waals surface area contributed by atoms with Crippen LogP contribution in [0.2, 0.25) is 0 Å². The van der Waals surface area contributed by atoms with E-state index in [1.54, 1.807) is 38.1 Å². The number of aliphatic hydroxyl groups excluding tert-OH is 1. The molecule has 1 aliphatic heterocycles. The highest BCUT2D eigenvalue weighted by molar-refractivity contribution is 7.14.